The molecule has 13 nitrogen and oxygen atoms in total. The van der Waals surface area contributed by atoms with Crippen LogP contribution in [0.3, 0.4) is 0 Å². The van der Waals surface area contributed by atoms with Gasteiger partial charge in [0.05, 0.1) is 31.6 Å². The normalized spacial score (nSPS) is 14.2. The Balaban J connectivity index is 1.24. The highest BCUT2D eigenvalue weighted by Crippen LogP contribution is 2.43. The third kappa shape index (κ3) is 15.7. The molecule has 0 saturated carbocycles. The van der Waals surface area contributed by atoms with Gasteiger partial charge in [0.2, 0.25) is 5.91 Å². The molecule has 3 aromatic rings. The van der Waals surface area contributed by atoms with Gasteiger partial charge in [0, 0.05) is 6.54 Å². The Kier molecular flexibility index (Phi) is 19.0. The molecule has 0 saturated heterocycles. The number of nitrogens with one attached hydrogen (secondary N) is 1. The van der Waals surface area contributed by atoms with E-state index < -0.39 is 32.7 Å². The van der Waals surface area contributed by atoms with Gasteiger partial charge in [-0.25, -0.2) is 19.5 Å². The van der Waals surface area contributed by atoms with Gasteiger partial charge in [-0.1, -0.05) is 89.0 Å². The van der Waals surface area contributed by atoms with E-state index in [0.717, 1.165) is 18.4 Å². The summed E-state index contributed by atoms with van der Waals surface area (Å²) in [6, 6.07) is 5.77. The van der Waals surface area contributed by atoms with Gasteiger partial charge in [-0.3, -0.25) is 4.79 Å². The van der Waals surface area contributed by atoms with E-state index in [1.165, 1.54) is 89.7 Å². The van der Waals surface area contributed by atoms with Crippen LogP contribution in [0, 0.1) is 0 Å². The second kappa shape index (κ2) is 23.2. The summed E-state index contributed by atoms with van der Waals surface area (Å²) < 4.78 is 25.1. The van der Waals surface area contributed by atoms with Crippen LogP contribution < -0.4 is 21.3 Å². The number of hydrogen-bond donors (Lipinski definition) is 5. The highest BCUT2D eigenvalue weighted by atomic mass is 31.2. The first kappa shape index (κ1) is 41.1. The lowest BCUT2D eigenvalue weighted by Gasteiger charge is -2.19. The van der Waals surface area contributed by atoms with Crippen molar-refractivity contribution < 1.29 is 28.6 Å². The van der Waals surface area contributed by atoms with E-state index in [4.69, 9.17) is 20.7 Å². The van der Waals surface area contributed by atoms with Gasteiger partial charge >= 0.3 is 7.60 Å². The Bertz CT molecular complexity index is 1470. The van der Waals surface area contributed by atoms with Gasteiger partial charge in [-0.2, -0.15) is 0 Å². The summed E-state index contributed by atoms with van der Waals surface area (Å²) in [6.45, 7) is 2.56. The van der Waals surface area contributed by atoms with Crippen molar-refractivity contribution in [2.24, 2.45) is 5.73 Å². The molecule has 0 aliphatic rings. The number of unbranched alkanes of at least 4 members (excludes halogenated alkanes) is 12. The quantitative estimate of drug-likeness (QED) is 0.0351. The lowest BCUT2D eigenvalue weighted by molar-refractivity contribution is -0.122. The molecule has 3 atom stereocenters. The molecule has 2 heterocycles. The molecule has 1 aromatic carbocycles. The van der Waals surface area contributed by atoms with Crippen LogP contribution in [0.2, 0.25) is 0 Å². The van der Waals surface area contributed by atoms with E-state index in [2.05, 4.69) is 39.3 Å². The van der Waals surface area contributed by atoms with Gasteiger partial charge in [0.25, 0.3) is 0 Å². The Morgan fingerprint density at radius 2 is 1.60 bits per heavy atom. The third-order valence-corrected chi connectivity index (χ3v) is 9.43. The van der Waals surface area contributed by atoms with Crippen molar-refractivity contribution >= 4 is 30.5 Å². The average molecular weight is 716 g/mol. The molecule has 0 aliphatic carbocycles. The number of aliphatic hydroxyl groups is 1. The highest BCUT2D eigenvalue weighted by molar-refractivity contribution is 7.53. The van der Waals surface area contributed by atoms with Crippen LogP contribution >= 0.6 is 7.60 Å². The number of carbonyl (C=O) groups excluding carboxylic acids is 1. The number of hydrogen-bond acceptors (Lipinski definition) is 10. The standard InChI is InChI=1S/C36H58N7O6P/c1-2-3-4-5-6-7-8-9-10-11-12-13-14-15-16-17-22-39-36(45)32(37)23-29-18-20-30(21-19-29)49-50(46,47)28-48-31(25-44)24-43-27-42-33-34(38)40-26-41-35(33)43/h9-10,18-21,26-27,31-32,44H,2-8,11-17,22-25,28,37H2,1H3,(H,39,45)(H,46,47)(H2,38,40,41)/b10-9-/t31-,32-/m0/s1. The number of carbonyl (C=O) groups is 1. The number of allylic oxidation sites excluding steroid dienone is 2. The number of benzene rings is 1. The molecule has 14 heteroatoms. The minimum absolute atomic E-state index is 0.115. The predicted molar refractivity (Wildman–Crippen MR) is 198 cm³/mol. The third-order valence-electron chi connectivity index (χ3n) is 8.46. The van der Waals surface area contributed by atoms with E-state index in [-0.39, 0.29) is 24.0 Å². The summed E-state index contributed by atoms with van der Waals surface area (Å²) in [6.07, 6.45) is 23.7. The number of nitrogens with zero attached hydrogens (tertiary/aromatic N) is 4. The number of anilines is 1. The first-order chi connectivity index (χ1) is 24.2. The van der Waals surface area contributed by atoms with Crippen molar-refractivity contribution in [2.75, 3.05) is 25.2 Å². The molecule has 3 rings (SSSR count). The minimum atomic E-state index is -4.22. The SMILES string of the molecule is CCCCCCCC/C=C\CCCCCCCCNC(=O)[C@@H](N)Cc1ccc(OP(=O)(O)CO[C@H](CO)Cn2cnc3c(N)ncnc32)cc1. The first-order valence-electron chi connectivity index (χ1n) is 18.1. The minimum Gasteiger partial charge on any atom is -0.423 e. The number of nitrogen functional groups attached to an aromatic ring is 1. The van der Waals surface area contributed by atoms with Gasteiger partial charge in [0.15, 0.2) is 17.8 Å². The fraction of sp³-hybridized carbons (Fsp3) is 0.611. The highest BCUT2D eigenvalue weighted by Gasteiger charge is 2.25. The molecule has 0 bridgehead atoms. The zero-order valence-electron chi connectivity index (χ0n) is 29.6. The molecule has 278 valence electrons. The molecule has 50 heavy (non-hydrogen) atoms. The number of amides is 1. The van der Waals surface area contributed by atoms with Crippen LogP contribution in [0.15, 0.2) is 49.1 Å². The van der Waals surface area contributed by atoms with Crippen molar-refractivity contribution in [3.05, 3.63) is 54.6 Å². The number of aromatic nitrogens is 4. The van der Waals surface area contributed by atoms with E-state index in [1.807, 2.05) is 0 Å². The molecule has 0 aliphatic heterocycles. The van der Waals surface area contributed by atoms with E-state index in [9.17, 15) is 19.4 Å². The molecule has 0 spiro atoms. The van der Waals surface area contributed by atoms with E-state index in [0.29, 0.717) is 24.1 Å². The van der Waals surface area contributed by atoms with Crippen LogP contribution in [0.5, 0.6) is 5.75 Å². The number of ether oxygens (including phenoxy) is 1. The Hall–Kier alpha value is -3.35. The molecule has 0 fully saturated rings. The summed E-state index contributed by atoms with van der Waals surface area (Å²) in [7, 11) is -4.22. The smallest absolute Gasteiger partial charge is 0.402 e. The Labute approximate surface area is 296 Å². The average Bonchev–Trinajstić information content (AvgIpc) is 3.52. The summed E-state index contributed by atoms with van der Waals surface area (Å²) in [5, 5.41) is 12.7. The predicted octanol–water partition coefficient (Wildman–Crippen LogP) is 6.03. The first-order valence-corrected chi connectivity index (χ1v) is 19.9. The fourth-order valence-corrected chi connectivity index (χ4v) is 6.46. The molecule has 1 amide bonds. The van der Waals surface area contributed by atoms with Crippen molar-refractivity contribution in [1.29, 1.82) is 0 Å². The van der Waals surface area contributed by atoms with Gasteiger partial charge in [-0.05, 0) is 56.2 Å². The monoisotopic (exact) mass is 715 g/mol. The molecule has 7 N–H and O–H groups in total. The molecule has 1 unspecified atom stereocenters. The number of nitrogens with two attached hydrogens (primary N) is 2. The second-order valence-corrected chi connectivity index (χ2v) is 14.6. The number of rotatable bonds is 27. The number of imidazole rings is 1. The van der Waals surface area contributed by atoms with Crippen LogP contribution in [0.1, 0.15) is 102 Å². The lowest BCUT2D eigenvalue weighted by atomic mass is 10.1. The van der Waals surface area contributed by atoms with E-state index in [1.54, 1.807) is 28.8 Å². The second-order valence-electron chi connectivity index (χ2n) is 12.8. The maximum absolute atomic E-state index is 12.7. The zero-order chi connectivity index (χ0) is 36.0. The Morgan fingerprint density at radius 1 is 0.960 bits per heavy atom. The van der Waals surface area contributed by atoms with Crippen molar-refractivity contribution in [1.82, 2.24) is 24.8 Å². The molecular formula is C36H58N7O6P. The van der Waals surface area contributed by atoms with Crippen molar-refractivity contribution in [3.8, 4) is 5.75 Å². The van der Waals surface area contributed by atoms with Crippen molar-refractivity contribution in [3.63, 3.8) is 0 Å². The summed E-state index contributed by atoms with van der Waals surface area (Å²) in [5.41, 5.74) is 13.6. The summed E-state index contributed by atoms with van der Waals surface area (Å²) in [4.78, 5) is 35.1. The maximum atomic E-state index is 12.7. The molecule has 0 radical (unpaired) electrons. The zero-order valence-corrected chi connectivity index (χ0v) is 30.5. The van der Waals surface area contributed by atoms with Crippen LogP contribution in [-0.4, -0.2) is 67.1 Å². The molecule has 2 aromatic heterocycles. The maximum Gasteiger partial charge on any atom is 0.402 e. The lowest BCUT2D eigenvalue weighted by Crippen LogP contribution is -2.42. The fourth-order valence-electron chi connectivity index (χ4n) is 5.55. The number of fused-ring (bicyclic) bond motifs is 1. The largest absolute Gasteiger partial charge is 0.423 e. The summed E-state index contributed by atoms with van der Waals surface area (Å²) in [5.74, 6) is 0.182. The Morgan fingerprint density at radius 3 is 2.26 bits per heavy atom. The van der Waals surface area contributed by atoms with Gasteiger partial charge in [-0.15, -0.1) is 0 Å². The van der Waals surface area contributed by atoms with Crippen LogP contribution in [0.4, 0.5) is 5.82 Å². The number of aliphatic hydroxyl groups excluding tert-OH is 1. The van der Waals surface area contributed by atoms with Gasteiger partial charge in [0.1, 0.15) is 17.6 Å². The topological polar surface area (TPSA) is 201 Å². The van der Waals surface area contributed by atoms with Crippen LogP contribution in [0.25, 0.3) is 11.2 Å². The van der Waals surface area contributed by atoms with Gasteiger partial charge < -0.3 is 40.6 Å². The van der Waals surface area contributed by atoms with Crippen LogP contribution in [-0.2, 0) is 27.1 Å². The van der Waals surface area contributed by atoms with E-state index >= 15 is 0 Å². The molecular weight excluding hydrogens is 657 g/mol. The summed E-state index contributed by atoms with van der Waals surface area (Å²) >= 11 is 0. The van der Waals surface area contributed by atoms with Crippen molar-refractivity contribution in [2.45, 2.75) is 122 Å².